The van der Waals surface area contributed by atoms with E-state index < -0.39 is 5.41 Å². The monoisotopic (exact) mass is 766 g/mol. The number of benzene rings is 13. The molecule has 278 valence electrons. The number of hydrogen-bond acceptors (Lipinski definition) is 0. The molecular weight excluding hydrogens is 733 g/mol. The maximum atomic E-state index is 2.49. The van der Waals surface area contributed by atoms with E-state index in [9.17, 15) is 0 Å². The molecule has 1 spiro atoms. The lowest BCUT2D eigenvalue weighted by Crippen LogP contribution is -2.26. The molecule has 0 amide bonds. The highest BCUT2D eigenvalue weighted by atomic mass is 14.5. The lowest BCUT2D eigenvalue weighted by atomic mass is 9.68. The van der Waals surface area contributed by atoms with Gasteiger partial charge in [-0.3, -0.25) is 0 Å². The van der Waals surface area contributed by atoms with Gasteiger partial charge in [0, 0.05) is 0 Å². The predicted octanol–water partition coefficient (Wildman–Crippen LogP) is 16.3. The lowest BCUT2D eigenvalue weighted by Gasteiger charge is -2.32. The van der Waals surface area contributed by atoms with Crippen molar-refractivity contribution in [2.45, 2.75) is 5.41 Å². The van der Waals surface area contributed by atoms with Crippen LogP contribution in [0.4, 0.5) is 0 Å². The smallest absolute Gasteiger partial charge is 0.0619 e. The van der Waals surface area contributed by atoms with Crippen LogP contribution in [-0.4, -0.2) is 0 Å². The summed E-state index contributed by atoms with van der Waals surface area (Å²) in [5, 5.41) is 18.4. The molecule has 0 saturated heterocycles. The van der Waals surface area contributed by atoms with E-state index in [4.69, 9.17) is 0 Å². The molecule has 0 radical (unpaired) electrons. The first kappa shape index (κ1) is 32.1. The van der Waals surface area contributed by atoms with Gasteiger partial charge in [0.15, 0.2) is 0 Å². The van der Waals surface area contributed by atoms with Crippen molar-refractivity contribution >= 4 is 75.4 Å². The van der Waals surface area contributed by atoms with Crippen LogP contribution >= 0.6 is 0 Å². The third-order valence-corrected chi connectivity index (χ3v) is 14.8. The molecule has 0 heteroatoms. The third kappa shape index (κ3) is 3.79. The Bertz CT molecular complexity index is 4000. The molecule has 0 fully saturated rings. The summed E-state index contributed by atoms with van der Waals surface area (Å²) < 4.78 is 0. The molecule has 2 aliphatic carbocycles. The molecule has 0 saturated carbocycles. The fourth-order valence-corrected chi connectivity index (χ4v) is 12.5. The van der Waals surface area contributed by atoms with Gasteiger partial charge in [-0.1, -0.05) is 200 Å². The molecule has 0 unspecified atom stereocenters. The lowest BCUT2D eigenvalue weighted by molar-refractivity contribution is 0.802. The second-order valence-corrected chi connectivity index (χ2v) is 17.4. The zero-order chi connectivity index (χ0) is 39.6. The highest BCUT2D eigenvalue weighted by molar-refractivity contribution is 6.34. The largest absolute Gasteiger partial charge is 0.0731 e. The maximum absolute atomic E-state index is 2.49. The standard InChI is InChI=1S/C61H34/c1-2-15-39-35(12-1)13-9-19-40(39)41-30-26-36-29-33-47-42(31-27-37-28-32-46(41)55(36)56(37)47)51-34-38-14-10-21-49-57(38)58-45(51)20-11-22-50(58)60-59(49)48-18-5-8-25-54(48)61(60)52-23-6-3-16-43(52)44-17-4-7-24-53(44)61/h1-34H. The third-order valence-electron chi connectivity index (χ3n) is 14.8. The molecule has 0 bridgehead atoms. The molecule has 0 atom stereocenters. The van der Waals surface area contributed by atoms with Crippen LogP contribution in [0.1, 0.15) is 22.3 Å². The summed E-state index contributed by atoms with van der Waals surface area (Å²) in [4.78, 5) is 0. The summed E-state index contributed by atoms with van der Waals surface area (Å²) in [5.41, 5.74) is 15.7. The molecule has 0 aliphatic heterocycles. The van der Waals surface area contributed by atoms with Gasteiger partial charge >= 0.3 is 0 Å². The van der Waals surface area contributed by atoms with Gasteiger partial charge in [-0.2, -0.15) is 0 Å². The highest BCUT2D eigenvalue weighted by Crippen LogP contribution is 2.66. The van der Waals surface area contributed by atoms with Crippen LogP contribution in [0.5, 0.6) is 0 Å². The van der Waals surface area contributed by atoms with E-state index in [1.165, 1.54) is 142 Å². The first-order valence-electron chi connectivity index (χ1n) is 21.5. The molecule has 2 aliphatic rings. The second kappa shape index (κ2) is 11.3. The molecule has 0 nitrogen and oxygen atoms in total. The fraction of sp³-hybridized carbons (Fsp3) is 0.0164. The van der Waals surface area contributed by atoms with Gasteiger partial charge in [0.2, 0.25) is 0 Å². The van der Waals surface area contributed by atoms with E-state index in [2.05, 4.69) is 206 Å². The Morgan fingerprint density at radius 1 is 0.230 bits per heavy atom. The van der Waals surface area contributed by atoms with Crippen molar-refractivity contribution in [2.75, 3.05) is 0 Å². The first-order chi connectivity index (χ1) is 30.3. The molecule has 15 rings (SSSR count). The number of fused-ring (bicyclic) bond motifs is 13. The summed E-state index contributed by atoms with van der Waals surface area (Å²) in [6, 6.07) is 78.5. The van der Waals surface area contributed by atoms with Crippen molar-refractivity contribution in [3.05, 3.63) is 229 Å². The van der Waals surface area contributed by atoms with Gasteiger partial charge in [0.25, 0.3) is 0 Å². The van der Waals surface area contributed by atoms with Gasteiger partial charge in [-0.05, 0) is 148 Å². The van der Waals surface area contributed by atoms with E-state index in [0.717, 1.165) is 0 Å². The Morgan fingerprint density at radius 3 is 1.41 bits per heavy atom. The SMILES string of the molecule is c1ccc2c(c1)-c1ccccc1C21c2ccccc2-c2c1c1cccc3c(-c4ccc5ccc6c(-c7cccc8ccccc78)ccc7ccc4c5c76)cc4cccc2c4c31. The molecular formula is C61H34. The molecule has 0 aromatic heterocycles. The van der Waals surface area contributed by atoms with Crippen LogP contribution in [0, 0.1) is 0 Å². The van der Waals surface area contributed by atoms with Crippen molar-refractivity contribution in [2.24, 2.45) is 0 Å². The van der Waals surface area contributed by atoms with E-state index in [1.807, 2.05) is 0 Å². The predicted molar refractivity (Wildman–Crippen MR) is 259 cm³/mol. The average molecular weight is 767 g/mol. The summed E-state index contributed by atoms with van der Waals surface area (Å²) in [7, 11) is 0. The Hall–Kier alpha value is -7.80. The highest BCUT2D eigenvalue weighted by Gasteiger charge is 2.53. The van der Waals surface area contributed by atoms with E-state index >= 15 is 0 Å². The second-order valence-electron chi connectivity index (χ2n) is 17.4. The van der Waals surface area contributed by atoms with Crippen molar-refractivity contribution in [3.63, 3.8) is 0 Å². The molecule has 0 N–H and O–H groups in total. The average Bonchev–Trinajstić information content (AvgIpc) is 3.80. The van der Waals surface area contributed by atoms with Crippen LogP contribution < -0.4 is 0 Å². The summed E-state index contributed by atoms with van der Waals surface area (Å²) in [5.74, 6) is 0. The van der Waals surface area contributed by atoms with Crippen molar-refractivity contribution in [1.82, 2.24) is 0 Å². The van der Waals surface area contributed by atoms with Gasteiger partial charge in [-0.15, -0.1) is 0 Å². The molecule has 13 aromatic rings. The first-order valence-corrected chi connectivity index (χ1v) is 21.5. The summed E-state index contributed by atoms with van der Waals surface area (Å²) in [6.07, 6.45) is 0. The Kier molecular flexibility index (Phi) is 5.93. The van der Waals surface area contributed by atoms with E-state index in [0.29, 0.717) is 0 Å². The van der Waals surface area contributed by atoms with Gasteiger partial charge in [-0.25, -0.2) is 0 Å². The minimum Gasteiger partial charge on any atom is -0.0619 e. The van der Waals surface area contributed by atoms with Crippen molar-refractivity contribution in [3.8, 4) is 44.5 Å². The number of rotatable bonds is 2. The van der Waals surface area contributed by atoms with Crippen LogP contribution in [0.25, 0.3) is 120 Å². The van der Waals surface area contributed by atoms with Gasteiger partial charge < -0.3 is 0 Å². The molecule has 13 aromatic carbocycles. The topological polar surface area (TPSA) is 0 Å². The van der Waals surface area contributed by atoms with E-state index in [-0.39, 0.29) is 0 Å². The normalized spacial score (nSPS) is 13.7. The Morgan fingerprint density at radius 2 is 0.672 bits per heavy atom. The Balaban J connectivity index is 1.06. The van der Waals surface area contributed by atoms with Gasteiger partial charge in [0.1, 0.15) is 0 Å². The summed E-state index contributed by atoms with van der Waals surface area (Å²) >= 11 is 0. The minimum absolute atomic E-state index is 0.432. The zero-order valence-electron chi connectivity index (χ0n) is 33.1. The Labute approximate surface area is 352 Å². The quantitative estimate of drug-likeness (QED) is 0.154. The van der Waals surface area contributed by atoms with Gasteiger partial charge in [0.05, 0.1) is 5.41 Å². The summed E-state index contributed by atoms with van der Waals surface area (Å²) in [6.45, 7) is 0. The maximum Gasteiger partial charge on any atom is 0.0731 e. The number of hydrogen-bond donors (Lipinski definition) is 0. The van der Waals surface area contributed by atoms with Crippen LogP contribution in [-0.2, 0) is 5.41 Å². The van der Waals surface area contributed by atoms with Crippen LogP contribution in [0.3, 0.4) is 0 Å². The molecule has 61 heavy (non-hydrogen) atoms. The van der Waals surface area contributed by atoms with E-state index in [1.54, 1.807) is 0 Å². The molecule has 0 heterocycles. The zero-order valence-corrected chi connectivity index (χ0v) is 33.1. The fourth-order valence-electron chi connectivity index (χ4n) is 12.5. The van der Waals surface area contributed by atoms with Crippen LogP contribution in [0.2, 0.25) is 0 Å². The van der Waals surface area contributed by atoms with Crippen molar-refractivity contribution < 1.29 is 0 Å². The van der Waals surface area contributed by atoms with Crippen molar-refractivity contribution in [1.29, 1.82) is 0 Å². The minimum atomic E-state index is -0.432. The van der Waals surface area contributed by atoms with Crippen LogP contribution in [0.15, 0.2) is 206 Å².